The summed E-state index contributed by atoms with van der Waals surface area (Å²) in [5.41, 5.74) is 1.18. The third-order valence-electron chi connectivity index (χ3n) is 2.66. The minimum Gasteiger partial charge on any atom is -0.493 e. The third kappa shape index (κ3) is 3.56. The Hall–Kier alpha value is -1.84. The zero-order chi connectivity index (χ0) is 14.4. The van der Waals surface area contributed by atoms with Crippen LogP contribution in [0, 0.1) is 0 Å². The second-order valence-electron chi connectivity index (χ2n) is 4.36. The van der Waals surface area contributed by atoms with Crippen LogP contribution in [0.25, 0.3) is 0 Å². The maximum Gasteiger partial charge on any atom is 0.379 e. The van der Waals surface area contributed by atoms with Crippen LogP contribution >= 0.6 is 0 Å². The van der Waals surface area contributed by atoms with E-state index in [2.05, 4.69) is 0 Å². The molecule has 0 amide bonds. The minimum absolute atomic E-state index is 0.179. The number of para-hydroxylation sites is 1. The zero-order valence-corrected chi connectivity index (χ0v) is 11.9. The molecule has 0 aliphatic heterocycles. The molecule has 0 unspecified atom stereocenters. The van der Waals surface area contributed by atoms with Crippen molar-refractivity contribution in [1.82, 2.24) is 0 Å². The lowest BCUT2D eigenvalue weighted by Gasteiger charge is -2.16. The van der Waals surface area contributed by atoms with Gasteiger partial charge in [0.05, 0.1) is 18.8 Å². The van der Waals surface area contributed by atoms with Crippen LogP contribution in [0.1, 0.15) is 49.5 Å². The maximum atomic E-state index is 12.1. The zero-order valence-electron chi connectivity index (χ0n) is 11.9. The first kappa shape index (κ1) is 15.2. The van der Waals surface area contributed by atoms with E-state index in [1.807, 2.05) is 26.8 Å². The molecule has 0 heterocycles. The predicted octanol–water partition coefficient (Wildman–Crippen LogP) is 2.95. The Morgan fingerprint density at radius 3 is 2.37 bits per heavy atom. The maximum absolute atomic E-state index is 12.1. The quantitative estimate of drug-likeness (QED) is 0.450. The normalized spacial score (nSPS) is 10.4. The van der Waals surface area contributed by atoms with Crippen LogP contribution < -0.4 is 4.74 Å². The van der Waals surface area contributed by atoms with Crippen LogP contribution in [0.4, 0.5) is 0 Å². The molecule has 0 aliphatic carbocycles. The Kier molecular flexibility index (Phi) is 5.55. The van der Waals surface area contributed by atoms with E-state index in [0.29, 0.717) is 12.4 Å². The molecule has 19 heavy (non-hydrogen) atoms. The summed E-state index contributed by atoms with van der Waals surface area (Å²) >= 11 is 0. The Labute approximate surface area is 113 Å². The van der Waals surface area contributed by atoms with Crippen LogP contribution in [0.3, 0.4) is 0 Å². The first-order valence-corrected chi connectivity index (χ1v) is 6.50. The summed E-state index contributed by atoms with van der Waals surface area (Å²) in [6.45, 7) is 8.15. The van der Waals surface area contributed by atoms with Crippen LogP contribution in [0.15, 0.2) is 18.2 Å². The van der Waals surface area contributed by atoms with Crippen molar-refractivity contribution in [3.05, 3.63) is 29.3 Å². The lowest BCUT2D eigenvalue weighted by atomic mass is 9.97. The van der Waals surface area contributed by atoms with E-state index >= 15 is 0 Å². The van der Waals surface area contributed by atoms with Gasteiger partial charge in [-0.3, -0.25) is 4.79 Å². The van der Waals surface area contributed by atoms with Gasteiger partial charge in [0.2, 0.25) is 0 Å². The average Bonchev–Trinajstić information content (AvgIpc) is 2.38. The van der Waals surface area contributed by atoms with Gasteiger partial charge < -0.3 is 9.47 Å². The highest BCUT2D eigenvalue weighted by Gasteiger charge is 2.24. The minimum atomic E-state index is -0.843. The van der Waals surface area contributed by atoms with Crippen molar-refractivity contribution in [1.29, 1.82) is 0 Å². The molecule has 1 rings (SSSR count). The van der Waals surface area contributed by atoms with Crippen molar-refractivity contribution in [2.24, 2.45) is 0 Å². The summed E-state index contributed by atoms with van der Waals surface area (Å²) < 4.78 is 10.3. The highest BCUT2D eigenvalue weighted by atomic mass is 16.5. The van der Waals surface area contributed by atoms with E-state index in [9.17, 15) is 9.59 Å². The van der Waals surface area contributed by atoms with Gasteiger partial charge >= 0.3 is 5.97 Å². The second-order valence-corrected chi connectivity index (χ2v) is 4.36. The Balaban J connectivity index is 3.22. The summed E-state index contributed by atoms with van der Waals surface area (Å²) in [6.07, 6.45) is 0. The van der Waals surface area contributed by atoms with Crippen molar-refractivity contribution in [3.63, 3.8) is 0 Å². The van der Waals surface area contributed by atoms with E-state index in [0.717, 1.165) is 5.56 Å². The van der Waals surface area contributed by atoms with E-state index < -0.39 is 11.8 Å². The van der Waals surface area contributed by atoms with Gasteiger partial charge in [-0.2, -0.15) is 0 Å². The number of esters is 1. The molecule has 104 valence electrons. The summed E-state index contributed by atoms with van der Waals surface area (Å²) in [5.74, 6) is -0.813. The van der Waals surface area contributed by atoms with Gasteiger partial charge in [-0.1, -0.05) is 26.0 Å². The van der Waals surface area contributed by atoms with Gasteiger partial charge in [0.25, 0.3) is 5.78 Å². The van der Waals surface area contributed by atoms with Crippen molar-refractivity contribution in [2.45, 2.75) is 33.6 Å². The number of ketones is 1. The molecular formula is C15H20O4. The van der Waals surface area contributed by atoms with Gasteiger partial charge in [-0.15, -0.1) is 0 Å². The van der Waals surface area contributed by atoms with Gasteiger partial charge in [0.15, 0.2) is 0 Å². The van der Waals surface area contributed by atoms with Crippen molar-refractivity contribution in [2.75, 3.05) is 13.2 Å². The van der Waals surface area contributed by atoms with Crippen molar-refractivity contribution in [3.8, 4) is 5.75 Å². The molecular weight excluding hydrogens is 244 g/mol. The molecule has 0 radical (unpaired) electrons. The Morgan fingerprint density at radius 2 is 1.84 bits per heavy atom. The number of hydrogen-bond acceptors (Lipinski definition) is 4. The topological polar surface area (TPSA) is 52.6 Å². The van der Waals surface area contributed by atoms with Crippen LogP contribution in [0.2, 0.25) is 0 Å². The summed E-state index contributed by atoms with van der Waals surface area (Å²) in [5, 5.41) is 0. The Morgan fingerprint density at radius 1 is 1.16 bits per heavy atom. The molecule has 1 aromatic rings. The number of rotatable bonds is 6. The molecule has 0 spiro atoms. The SMILES string of the molecule is CCOC(=O)C(=O)c1cccc(C(C)C)c1OCC. The molecule has 1 aromatic carbocycles. The molecule has 0 atom stereocenters. The average molecular weight is 264 g/mol. The molecule has 4 nitrogen and oxygen atoms in total. The summed E-state index contributed by atoms with van der Waals surface area (Å²) in [6, 6.07) is 5.25. The van der Waals surface area contributed by atoms with Crippen LogP contribution in [0.5, 0.6) is 5.75 Å². The van der Waals surface area contributed by atoms with E-state index in [1.54, 1.807) is 19.1 Å². The number of hydrogen-bond donors (Lipinski definition) is 0. The number of benzene rings is 1. The first-order valence-electron chi connectivity index (χ1n) is 6.50. The number of carbonyl (C=O) groups excluding carboxylic acids is 2. The van der Waals surface area contributed by atoms with Gasteiger partial charge in [0, 0.05) is 0 Å². The second kappa shape index (κ2) is 6.92. The monoisotopic (exact) mass is 264 g/mol. The van der Waals surface area contributed by atoms with E-state index in [-0.39, 0.29) is 18.1 Å². The fourth-order valence-corrected chi connectivity index (χ4v) is 1.80. The lowest BCUT2D eigenvalue weighted by Crippen LogP contribution is -2.19. The molecule has 0 fully saturated rings. The van der Waals surface area contributed by atoms with Crippen molar-refractivity contribution < 1.29 is 19.1 Å². The smallest absolute Gasteiger partial charge is 0.379 e. The van der Waals surface area contributed by atoms with Gasteiger partial charge in [0.1, 0.15) is 5.75 Å². The third-order valence-corrected chi connectivity index (χ3v) is 2.66. The van der Waals surface area contributed by atoms with Crippen molar-refractivity contribution >= 4 is 11.8 Å². The largest absolute Gasteiger partial charge is 0.493 e. The first-order chi connectivity index (χ1) is 9.02. The molecule has 0 saturated carbocycles. The van der Waals surface area contributed by atoms with Crippen LogP contribution in [-0.4, -0.2) is 25.0 Å². The molecule has 0 bridgehead atoms. The highest BCUT2D eigenvalue weighted by molar-refractivity contribution is 6.41. The van der Waals surface area contributed by atoms with Crippen LogP contribution in [-0.2, 0) is 9.53 Å². The number of carbonyl (C=O) groups is 2. The number of Topliss-reactive ketones (excluding diaryl/α,β-unsaturated/α-hetero) is 1. The number of ether oxygens (including phenoxy) is 2. The molecule has 0 N–H and O–H groups in total. The van der Waals surface area contributed by atoms with E-state index in [1.165, 1.54) is 0 Å². The lowest BCUT2D eigenvalue weighted by molar-refractivity contribution is -0.137. The molecule has 0 aromatic heterocycles. The van der Waals surface area contributed by atoms with E-state index in [4.69, 9.17) is 9.47 Å². The fraction of sp³-hybridized carbons (Fsp3) is 0.467. The molecule has 0 aliphatic rings. The van der Waals surface area contributed by atoms with Gasteiger partial charge in [-0.25, -0.2) is 4.79 Å². The summed E-state index contributed by atoms with van der Waals surface area (Å²) in [4.78, 5) is 23.6. The molecule has 0 saturated heterocycles. The fourth-order valence-electron chi connectivity index (χ4n) is 1.80. The van der Waals surface area contributed by atoms with Gasteiger partial charge in [-0.05, 0) is 31.4 Å². The summed E-state index contributed by atoms with van der Waals surface area (Å²) in [7, 11) is 0. The standard InChI is InChI=1S/C15H20O4/c1-5-18-14-11(10(3)4)8-7-9-12(14)13(16)15(17)19-6-2/h7-10H,5-6H2,1-4H3. The Bertz CT molecular complexity index is 463. The molecule has 4 heteroatoms. The predicted molar refractivity (Wildman–Crippen MR) is 72.7 cm³/mol. The highest BCUT2D eigenvalue weighted by Crippen LogP contribution is 2.30.